The van der Waals surface area contributed by atoms with E-state index in [1.165, 1.54) is 50.5 Å². The van der Waals surface area contributed by atoms with E-state index in [4.69, 9.17) is 4.74 Å². The van der Waals surface area contributed by atoms with Gasteiger partial charge >= 0.3 is 5.97 Å². The van der Waals surface area contributed by atoms with Gasteiger partial charge in [0.25, 0.3) is 0 Å². The van der Waals surface area contributed by atoms with Crippen molar-refractivity contribution in [3.05, 3.63) is 35.9 Å². The molecule has 0 saturated carbocycles. The quantitative estimate of drug-likeness (QED) is 0.228. The van der Waals surface area contributed by atoms with E-state index < -0.39 is 0 Å². The molecule has 1 N–H and O–H groups in total. The number of quaternary nitrogens is 1. The molecule has 4 nitrogen and oxygen atoms in total. The molecule has 0 saturated heterocycles. The molecule has 0 amide bonds. The van der Waals surface area contributed by atoms with Crippen molar-refractivity contribution in [3.8, 4) is 0 Å². The number of carbonyl (C=O) groups is 1. The number of unbranched alkanes of at least 4 members (excludes halogenated alkanes) is 8. The van der Waals surface area contributed by atoms with Gasteiger partial charge in [-0.3, -0.25) is 4.79 Å². The van der Waals surface area contributed by atoms with E-state index in [0.717, 1.165) is 25.9 Å². The second kappa shape index (κ2) is 15.5. The van der Waals surface area contributed by atoms with Gasteiger partial charge in [-0.25, -0.2) is 0 Å². The number of hydrogen-bond acceptors (Lipinski definition) is 3. The van der Waals surface area contributed by atoms with Crippen LogP contribution in [0.3, 0.4) is 0 Å². The van der Waals surface area contributed by atoms with Crippen LogP contribution >= 0.6 is 0 Å². The zero-order valence-corrected chi connectivity index (χ0v) is 18.2. The zero-order valence-electron chi connectivity index (χ0n) is 18.2. The van der Waals surface area contributed by atoms with Crippen molar-refractivity contribution < 1.29 is 19.1 Å². The Morgan fingerprint density at radius 2 is 1.54 bits per heavy atom. The largest absolute Gasteiger partial charge is 0.460 e. The fourth-order valence-electron chi connectivity index (χ4n) is 3.57. The minimum absolute atomic E-state index is 0.0850. The van der Waals surface area contributed by atoms with Crippen molar-refractivity contribution >= 4 is 5.97 Å². The SMILES string of the molecule is CCCCCCCCCCCC(=O)OCC[N+](C)(CCO)Cc1ccccc1. The predicted octanol–water partition coefficient (Wildman–Crippen LogP) is 5.09. The predicted molar refractivity (Wildman–Crippen MR) is 116 cm³/mol. The number of nitrogens with zero attached hydrogens (tertiary/aromatic N) is 1. The number of hydrogen-bond donors (Lipinski definition) is 1. The van der Waals surface area contributed by atoms with Gasteiger partial charge in [-0.2, -0.15) is 0 Å². The van der Waals surface area contributed by atoms with Crippen molar-refractivity contribution in [2.45, 2.75) is 77.7 Å². The van der Waals surface area contributed by atoms with Crippen molar-refractivity contribution in [2.75, 3.05) is 33.4 Å². The summed E-state index contributed by atoms with van der Waals surface area (Å²) in [5, 5.41) is 9.41. The van der Waals surface area contributed by atoms with Crippen LogP contribution in [0.15, 0.2) is 30.3 Å². The molecule has 0 spiro atoms. The molecule has 4 heteroatoms. The normalized spacial score (nSPS) is 13.2. The summed E-state index contributed by atoms with van der Waals surface area (Å²) in [6, 6.07) is 10.3. The molecule has 1 unspecified atom stereocenters. The van der Waals surface area contributed by atoms with Gasteiger partial charge in [0, 0.05) is 12.0 Å². The first-order valence-corrected chi connectivity index (χ1v) is 11.2. The van der Waals surface area contributed by atoms with E-state index >= 15 is 0 Å². The first-order chi connectivity index (χ1) is 13.6. The first kappa shape index (κ1) is 24.6. The van der Waals surface area contributed by atoms with Crippen LogP contribution in [0.2, 0.25) is 0 Å². The lowest BCUT2D eigenvalue weighted by Crippen LogP contribution is -2.47. The molecule has 0 fully saturated rings. The van der Waals surface area contributed by atoms with Crippen LogP contribution in [0, 0.1) is 0 Å². The molecule has 1 atom stereocenters. The summed E-state index contributed by atoms with van der Waals surface area (Å²) in [7, 11) is 2.11. The van der Waals surface area contributed by atoms with Gasteiger partial charge in [0.15, 0.2) is 0 Å². The molecular weight excluding hydrogens is 350 g/mol. The van der Waals surface area contributed by atoms with E-state index in [-0.39, 0.29) is 12.6 Å². The number of aliphatic hydroxyl groups is 1. The highest BCUT2D eigenvalue weighted by atomic mass is 16.5. The number of rotatable bonds is 17. The molecule has 0 heterocycles. The molecule has 28 heavy (non-hydrogen) atoms. The Morgan fingerprint density at radius 3 is 2.14 bits per heavy atom. The van der Waals surface area contributed by atoms with Gasteiger partial charge < -0.3 is 14.3 Å². The Balaban J connectivity index is 2.14. The molecule has 160 valence electrons. The second-order valence-electron chi connectivity index (χ2n) is 8.23. The Labute approximate surface area is 172 Å². The van der Waals surface area contributed by atoms with Crippen LogP contribution in [0.5, 0.6) is 0 Å². The van der Waals surface area contributed by atoms with Crippen molar-refractivity contribution in [1.29, 1.82) is 0 Å². The highest BCUT2D eigenvalue weighted by Crippen LogP contribution is 2.13. The minimum Gasteiger partial charge on any atom is -0.460 e. The summed E-state index contributed by atoms with van der Waals surface area (Å²) in [4.78, 5) is 12.0. The number of likely N-dealkylation sites (N-methyl/N-ethyl adjacent to an activating group) is 1. The number of esters is 1. The molecule has 0 radical (unpaired) electrons. The van der Waals surface area contributed by atoms with Gasteiger partial charge in [-0.15, -0.1) is 0 Å². The molecule has 0 aliphatic rings. The number of ether oxygens (including phenoxy) is 1. The number of benzene rings is 1. The van der Waals surface area contributed by atoms with E-state index in [2.05, 4.69) is 26.1 Å². The lowest BCUT2D eigenvalue weighted by atomic mass is 10.1. The monoisotopic (exact) mass is 392 g/mol. The summed E-state index contributed by atoms with van der Waals surface area (Å²) >= 11 is 0. The standard InChI is InChI=1S/C24H42NO3/c1-3-4-5-6-7-8-9-10-14-17-24(27)28-21-19-25(2,18-20-26)22-23-15-12-11-13-16-23/h11-13,15-16,26H,3-10,14,17-22H2,1-2H3/q+1. The number of carbonyl (C=O) groups excluding carboxylic acids is 1. The van der Waals surface area contributed by atoms with Gasteiger partial charge in [-0.05, 0) is 6.42 Å². The van der Waals surface area contributed by atoms with Crippen LogP contribution < -0.4 is 0 Å². The zero-order chi connectivity index (χ0) is 20.5. The fourth-order valence-corrected chi connectivity index (χ4v) is 3.57. The van der Waals surface area contributed by atoms with E-state index in [1.54, 1.807) is 0 Å². The van der Waals surface area contributed by atoms with E-state index in [9.17, 15) is 9.90 Å². The Hall–Kier alpha value is -1.39. The maximum absolute atomic E-state index is 12.0. The molecule has 1 aromatic rings. The molecule has 0 aromatic heterocycles. The molecular formula is C24H42NO3+. The van der Waals surface area contributed by atoms with E-state index in [0.29, 0.717) is 24.1 Å². The molecule has 0 aliphatic carbocycles. The maximum Gasteiger partial charge on any atom is 0.305 e. The highest BCUT2D eigenvalue weighted by Gasteiger charge is 2.22. The molecule has 0 bridgehead atoms. The third-order valence-electron chi connectivity index (χ3n) is 5.43. The second-order valence-corrected chi connectivity index (χ2v) is 8.23. The third-order valence-corrected chi connectivity index (χ3v) is 5.43. The molecule has 1 rings (SSSR count). The van der Waals surface area contributed by atoms with Gasteiger partial charge in [-0.1, -0.05) is 88.6 Å². The van der Waals surface area contributed by atoms with Gasteiger partial charge in [0.05, 0.1) is 13.7 Å². The smallest absolute Gasteiger partial charge is 0.305 e. The van der Waals surface area contributed by atoms with Crippen LogP contribution in [-0.2, 0) is 16.1 Å². The highest BCUT2D eigenvalue weighted by molar-refractivity contribution is 5.69. The van der Waals surface area contributed by atoms with E-state index in [1.807, 2.05) is 18.2 Å². The van der Waals surface area contributed by atoms with Crippen LogP contribution in [0.4, 0.5) is 0 Å². The van der Waals surface area contributed by atoms with Crippen molar-refractivity contribution in [3.63, 3.8) is 0 Å². The Bertz CT molecular complexity index is 506. The first-order valence-electron chi connectivity index (χ1n) is 11.2. The van der Waals surface area contributed by atoms with Crippen molar-refractivity contribution in [1.82, 2.24) is 0 Å². The fraction of sp³-hybridized carbons (Fsp3) is 0.708. The Kier molecular flexibility index (Phi) is 13.7. The average molecular weight is 393 g/mol. The van der Waals surface area contributed by atoms with Crippen molar-refractivity contribution in [2.24, 2.45) is 0 Å². The van der Waals surface area contributed by atoms with Crippen LogP contribution in [0.25, 0.3) is 0 Å². The average Bonchev–Trinajstić information content (AvgIpc) is 2.67. The summed E-state index contributed by atoms with van der Waals surface area (Å²) in [6.07, 6.45) is 11.8. The van der Waals surface area contributed by atoms with Gasteiger partial charge in [0.2, 0.25) is 0 Å². The maximum atomic E-state index is 12.0. The summed E-state index contributed by atoms with van der Waals surface area (Å²) in [5.74, 6) is -0.0850. The molecule has 1 aromatic carbocycles. The Morgan fingerprint density at radius 1 is 0.929 bits per heavy atom. The molecule has 0 aliphatic heterocycles. The topological polar surface area (TPSA) is 46.5 Å². The number of aliphatic hydroxyl groups excluding tert-OH is 1. The van der Waals surface area contributed by atoms with Gasteiger partial charge in [0.1, 0.15) is 26.2 Å². The summed E-state index contributed by atoms with van der Waals surface area (Å²) < 4.78 is 6.13. The summed E-state index contributed by atoms with van der Waals surface area (Å²) in [6.45, 7) is 5.00. The lowest BCUT2D eigenvalue weighted by molar-refractivity contribution is -0.923. The minimum atomic E-state index is -0.0850. The van der Waals surface area contributed by atoms with Crippen LogP contribution in [-0.4, -0.2) is 48.9 Å². The van der Waals surface area contributed by atoms with Crippen LogP contribution in [0.1, 0.15) is 76.7 Å². The lowest BCUT2D eigenvalue weighted by Gasteiger charge is -2.33. The third kappa shape index (κ3) is 12.1. The summed E-state index contributed by atoms with van der Waals surface area (Å²) in [5.41, 5.74) is 1.24.